The summed E-state index contributed by atoms with van der Waals surface area (Å²) in [6.07, 6.45) is 1.87. The molecule has 7 heteroatoms. The van der Waals surface area contributed by atoms with Crippen molar-refractivity contribution in [2.45, 2.75) is 44.6 Å². The number of nitrogens with one attached hydrogen (secondary N) is 2. The molecule has 0 spiro atoms. The summed E-state index contributed by atoms with van der Waals surface area (Å²) >= 11 is 0. The summed E-state index contributed by atoms with van der Waals surface area (Å²) in [5.41, 5.74) is 0.385. The first-order chi connectivity index (χ1) is 9.81. The lowest BCUT2D eigenvalue weighted by molar-refractivity contribution is 0.0697. The molecular formula is C14H22N2O4S. The molecule has 21 heavy (non-hydrogen) atoms. The van der Waals surface area contributed by atoms with Gasteiger partial charge in [0.25, 0.3) is 0 Å². The van der Waals surface area contributed by atoms with Crippen molar-refractivity contribution >= 4 is 21.7 Å². The van der Waals surface area contributed by atoms with Crippen molar-refractivity contribution in [2.75, 3.05) is 11.9 Å². The molecule has 0 amide bonds. The first-order valence-electron chi connectivity index (χ1n) is 6.95. The highest BCUT2D eigenvalue weighted by Crippen LogP contribution is 2.22. The molecule has 0 aliphatic carbocycles. The normalized spacial score (nSPS) is 12.9. The number of hydrogen-bond acceptors (Lipinski definition) is 4. The Morgan fingerprint density at radius 1 is 1.33 bits per heavy atom. The van der Waals surface area contributed by atoms with Gasteiger partial charge in [-0.3, -0.25) is 0 Å². The van der Waals surface area contributed by atoms with Crippen molar-refractivity contribution in [3.63, 3.8) is 0 Å². The second kappa shape index (κ2) is 7.42. The Morgan fingerprint density at radius 3 is 2.52 bits per heavy atom. The maximum Gasteiger partial charge on any atom is 0.337 e. The van der Waals surface area contributed by atoms with Gasteiger partial charge in [0.15, 0.2) is 0 Å². The van der Waals surface area contributed by atoms with E-state index in [-0.39, 0.29) is 23.0 Å². The third-order valence-electron chi connectivity index (χ3n) is 2.99. The van der Waals surface area contributed by atoms with Gasteiger partial charge in [-0.2, -0.15) is 0 Å². The predicted octanol–water partition coefficient (Wildman–Crippen LogP) is 2.28. The number of carbonyl (C=O) groups is 1. The Bertz CT molecular complexity index is 599. The average Bonchev–Trinajstić information content (AvgIpc) is 2.38. The molecule has 118 valence electrons. The fourth-order valence-corrected chi connectivity index (χ4v) is 3.10. The number of rotatable bonds is 8. The van der Waals surface area contributed by atoms with Crippen LogP contribution in [-0.4, -0.2) is 32.1 Å². The van der Waals surface area contributed by atoms with E-state index in [1.54, 1.807) is 6.92 Å². The maximum absolute atomic E-state index is 11.9. The van der Waals surface area contributed by atoms with E-state index in [9.17, 15) is 18.3 Å². The largest absolute Gasteiger partial charge is 0.478 e. The molecule has 0 aromatic heterocycles. The summed E-state index contributed by atoms with van der Waals surface area (Å²) < 4.78 is 26.2. The lowest BCUT2D eigenvalue weighted by atomic mass is 10.1. The number of benzene rings is 1. The second-order valence-electron chi connectivity index (χ2n) is 4.85. The van der Waals surface area contributed by atoms with Crippen molar-refractivity contribution in [1.29, 1.82) is 0 Å². The van der Waals surface area contributed by atoms with Crippen LogP contribution in [0.3, 0.4) is 0 Å². The highest BCUT2D eigenvalue weighted by Gasteiger charge is 2.18. The topological polar surface area (TPSA) is 95.5 Å². The zero-order valence-electron chi connectivity index (χ0n) is 12.5. The highest BCUT2D eigenvalue weighted by molar-refractivity contribution is 7.89. The first kappa shape index (κ1) is 17.5. The molecule has 1 atom stereocenters. The zero-order valence-corrected chi connectivity index (χ0v) is 13.3. The van der Waals surface area contributed by atoms with Crippen LogP contribution in [0, 0.1) is 0 Å². The molecule has 0 saturated heterocycles. The number of hydrogen-bond donors (Lipinski definition) is 3. The summed E-state index contributed by atoms with van der Waals surface area (Å²) in [6.45, 7) is 5.91. The SMILES string of the molecule is CCC[C@H](C)Nc1ccc(S(=O)(=O)NCC)cc1C(=O)O. The van der Waals surface area contributed by atoms with Gasteiger partial charge in [0.2, 0.25) is 10.0 Å². The molecule has 0 fully saturated rings. The van der Waals surface area contributed by atoms with Crippen LogP contribution in [0.4, 0.5) is 5.69 Å². The van der Waals surface area contributed by atoms with E-state index in [0.717, 1.165) is 12.8 Å². The zero-order chi connectivity index (χ0) is 16.0. The van der Waals surface area contributed by atoms with Crippen molar-refractivity contribution in [3.05, 3.63) is 23.8 Å². The summed E-state index contributed by atoms with van der Waals surface area (Å²) in [5, 5.41) is 12.4. The number of carboxylic acids is 1. The number of anilines is 1. The monoisotopic (exact) mass is 314 g/mol. The van der Waals surface area contributed by atoms with Gasteiger partial charge in [-0.1, -0.05) is 20.3 Å². The van der Waals surface area contributed by atoms with Crippen molar-refractivity contribution in [2.24, 2.45) is 0 Å². The maximum atomic E-state index is 11.9. The second-order valence-corrected chi connectivity index (χ2v) is 6.61. The van der Waals surface area contributed by atoms with Crippen LogP contribution in [0.25, 0.3) is 0 Å². The van der Waals surface area contributed by atoms with E-state index in [0.29, 0.717) is 5.69 Å². The van der Waals surface area contributed by atoms with Crippen LogP contribution in [0.15, 0.2) is 23.1 Å². The van der Waals surface area contributed by atoms with Gasteiger partial charge in [0.1, 0.15) is 0 Å². The molecule has 1 rings (SSSR count). The molecule has 1 aromatic carbocycles. The summed E-state index contributed by atoms with van der Waals surface area (Å²) in [4.78, 5) is 11.3. The Labute approximate surface area is 125 Å². The van der Waals surface area contributed by atoms with Crippen molar-refractivity contribution < 1.29 is 18.3 Å². The van der Waals surface area contributed by atoms with Gasteiger partial charge in [0.05, 0.1) is 10.5 Å². The molecule has 1 aromatic rings. The summed E-state index contributed by atoms with van der Waals surface area (Å²) in [7, 11) is -3.66. The van der Waals surface area contributed by atoms with E-state index in [1.165, 1.54) is 18.2 Å². The Morgan fingerprint density at radius 2 is 2.00 bits per heavy atom. The molecule has 0 aliphatic heterocycles. The highest BCUT2D eigenvalue weighted by atomic mass is 32.2. The van der Waals surface area contributed by atoms with Crippen LogP contribution < -0.4 is 10.0 Å². The Hall–Kier alpha value is -1.60. The minimum absolute atomic E-state index is 0.0445. The molecule has 0 aliphatic rings. The fourth-order valence-electron chi connectivity index (χ4n) is 2.04. The summed E-state index contributed by atoms with van der Waals surface area (Å²) in [6, 6.07) is 4.20. The minimum Gasteiger partial charge on any atom is -0.478 e. The van der Waals surface area contributed by atoms with Crippen LogP contribution >= 0.6 is 0 Å². The molecule has 6 nitrogen and oxygen atoms in total. The number of carboxylic acid groups (broad SMARTS) is 1. The molecular weight excluding hydrogens is 292 g/mol. The van der Waals surface area contributed by atoms with Crippen LogP contribution in [-0.2, 0) is 10.0 Å². The smallest absolute Gasteiger partial charge is 0.337 e. The van der Waals surface area contributed by atoms with Crippen molar-refractivity contribution in [3.8, 4) is 0 Å². The van der Waals surface area contributed by atoms with Gasteiger partial charge in [-0.25, -0.2) is 17.9 Å². The molecule has 3 N–H and O–H groups in total. The lowest BCUT2D eigenvalue weighted by Crippen LogP contribution is -2.24. The van der Waals surface area contributed by atoms with Gasteiger partial charge in [0, 0.05) is 18.3 Å². The van der Waals surface area contributed by atoms with E-state index in [4.69, 9.17) is 0 Å². The quantitative estimate of drug-likeness (QED) is 0.684. The lowest BCUT2D eigenvalue weighted by Gasteiger charge is -2.17. The predicted molar refractivity (Wildman–Crippen MR) is 82.3 cm³/mol. The van der Waals surface area contributed by atoms with E-state index in [2.05, 4.69) is 10.0 Å². The van der Waals surface area contributed by atoms with Gasteiger partial charge in [-0.05, 0) is 31.5 Å². The standard InChI is InChI=1S/C14H22N2O4S/c1-4-6-10(3)16-13-8-7-11(9-12(13)14(17)18)21(19,20)15-5-2/h7-10,15-16H,4-6H2,1-3H3,(H,17,18)/t10-/m0/s1. The third-order valence-corrected chi connectivity index (χ3v) is 4.53. The molecule has 0 bridgehead atoms. The Balaban J connectivity index is 3.17. The third kappa shape index (κ3) is 4.71. The van der Waals surface area contributed by atoms with E-state index in [1.807, 2.05) is 13.8 Å². The van der Waals surface area contributed by atoms with Crippen molar-refractivity contribution in [1.82, 2.24) is 4.72 Å². The Kier molecular flexibility index (Phi) is 6.17. The van der Waals surface area contributed by atoms with E-state index >= 15 is 0 Å². The van der Waals surface area contributed by atoms with Crippen LogP contribution in [0.1, 0.15) is 44.0 Å². The molecule has 0 heterocycles. The summed E-state index contributed by atoms with van der Waals surface area (Å²) in [5.74, 6) is -1.16. The fraction of sp³-hybridized carbons (Fsp3) is 0.500. The van der Waals surface area contributed by atoms with E-state index < -0.39 is 16.0 Å². The molecule has 0 unspecified atom stereocenters. The van der Waals surface area contributed by atoms with Gasteiger partial charge < -0.3 is 10.4 Å². The first-order valence-corrected chi connectivity index (χ1v) is 8.43. The van der Waals surface area contributed by atoms with Gasteiger partial charge >= 0.3 is 5.97 Å². The minimum atomic E-state index is -3.66. The number of sulfonamides is 1. The molecule has 0 saturated carbocycles. The molecule has 0 radical (unpaired) electrons. The van der Waals surface area contributed by atoms with Crippen LogP contribution in [0.2, 0.25) is 0 Å². The average molecular weight is 314 g/mol. The van der Waals surface area contributed by atoms with Gasteiger partial charge in [-0.15, -0.1) is 0 Å². The van der Waals surface area contributed by atoms with Crippen LogP contribution in [0.5, 0.6) is 0 Å². The number of aromatic carboxylic acids is 1.